The van der Waals surface area contributed by atoms with Crippen molar-refractivity contribution in [3.05, 3.63) is 111 Å². The summed E-state index contributed by atoms with van der Waals surface area (Å²) in [7, 11) is 0. The van der Waals surface area contributed by atoms with Gasteiger partial charge in [0.15, 0.2) is 105 Å². The van der Waals surface area contributed by atoms with Crippen molar-refractivity contribution in [3.63, 3.8) is 0 Å². The Bertz CT molecular complexity index is 1760. The van der Waals surface area contributed by atoms with Gasteiger partial charge in [-0.1, -0.05) is 0 Å². The van der Waals surface area contributed by atoms with E-state index in [9.17, 15) is 74.6 Å². The zero-order valence-electron chi connectivity index (χ0n) is 19.8. The van der Waals surface area contributed by atoms with Crippen LogP contribution in [0, 0.1) is 111 Å². The Hall–Kier alpha value is -4.39. The van der Waals surface area contributed by atoms with E-state index in [2.05, 4.69) is 0 Å². The first kappa shape index (κ1) is 32.5. The van der Waals surface area contributed by atoms with E-state index >= 15 is 8.78 Å². The highest BCUT2D eigenvalue weighted by Gasteiger charge is 2.46. The van der Waals surface area contributed by atoms with E-state index in [1.807, 2.05) is 0 Å². The van der Waals surface area contributed by atoms with Crippen molar-refractivity contribution in [2.75, 3.05) is 0 Å². The summed E-state index contributed by atoms with van der Waals surface area (Å²) in [5.41, 5.74) is -14.7. The molecule has 20 heteroatoms. The van der Waals surface area contributed by atoms with Crippen LogP contribution >= 0.6 is 0 Å². The fourth-order valence-corrected chi connectivity index (χ4v) is 4.17. The van der Waals surface area contributed by atoms with E-state index in [0.717, 1.165) is 0 Å². The van der Waals surface area contributed by atoms with Crippen molar-refractivity contribution >= 4 is 23.1 Å². The lowest BCUT2D eigenvalue weighted by Crippen LogP contribution is -2.60. The highest BCUT2D eigenvalue weighted by atomic mass is 19.2. The summed E-state index contributed by atoms with van der Waals surface area (Å²) >= 11 is 0. The van der Waals surface area contributed by atoms with Crippen molar-refractivity contribution < 1.29 is 83.4 Å². The molecule has 0 aromatic heterocycles. The second-order valence-electron chi connectivity index (χ2n) is 8.39. The third-order valence-electron chi connectivity index (χ3n) is 6.12. The van der Waals surface area contributed by atoms with Crippen LogP contribution in [0.15, 0.2) is 0 Å². The third kappa shape index (κ3) is 4.35. The van der Waals surface area contributed by atoms with Crippen LogP contribution in [0.3, 0.4) is 0 Å². The third-order valence-corrected chi connectivity index (χ3v) is 6.12. The Balaban J connectivity index is 2.44. The minimum Gasteiger partial charge on any atom is -0.204 e. The molecule has 0 N–H and O–H groups in total. The number of hydrogen-bond donors (Lipinski definition) is 0. The van der Waals surface area contributed by atoms with E-state index in [1.54, 1.807) is 0 Å². The lowest BCUT2D eigenvalue weighted by molar-refractivity contribution is 0.379. The molecule has 0 saturated carbocycles. The fourth-order valence-electron chi connectivity index (χ4n) is 4.17. The van der Waals surface area contributed by atoms with Gasteiger partial charge in [-0.25, -0.2) is 83.4 Å². The molecule has 0 spiro atoms. The topological polar surface area (TPSA) is 0 Å². The Labute approximate surface area is 229 Å². The van der Waals surface area contributed by atoms with Gasteiger partial charge in [0.2, 0.25) is 5.82 Å². The normalized spacial score (nSPS) is 11.5. The Morgan fingerprint density at radius 1 is 0.182 bits per heavy atom. The summed E-state index contributed by atoms with van der Waals surface area (Å²) in [6, 6.07) is 0. The molecular formula is C24BF19. The Morgan fingerprint density at radius 2 is 0.364 bits per heavy atom. The predicted octanol–water partition coefficient (Wildman–Crippen LogP) is 6.51. The van der Waals surface area contributed by atoms with Crippen molar-refractivity contribution in [2.45, 2.75) is 0 Å². The van der Waals surface area contributed by atoms with E-state index in [-0.39, 0.29) is 0 Å². The average Bonchev–Trinajstić information content (AvgIpc) is 2.99. The molecule has 0 saturated heterocycles. The van der Waals surface area contributed by atoms with Gasteiger partial charge in [-0.2, -0.15) is 0 Å². The summed E-state index contributed by atoms with van der Waals surface area (Å²) in [4.78, 5) is 0. The monoisotopic (exact) mass is 660 g/mol. The van der Waals surface area contributed by atoms with Crippen molar-refractivity contribution in [3.8, 4) is 11.1 Å². The molecule has 0 aliphatic rings. The molecule has 0 amide bonds. The molecule has 0 fully saturated rings. The SMILES string of the molecule is Fc1c(F)c(F)c(B(c2c(F)c(F)c(F)c(F)c2F)c2c(F)c(F)c(F)c(F)c2-c2c(F)c(F)c(F)c(F)c2F)c(F)c1F. The summed E-state index contributed by atoms with van der Waals surface area (Å²) in [6.07, 6.45) is 0. The van der Waals surface area contributed by atoms with Crippen molar-refractivity contribution in [1.82, 2.24) is 0 Å². The summed E-state index contributed by atoms with van der Waals surface area (Å²) < 4.78 is 274. The Morgan fingerprint density at radius 3 is 0.636 bits per heavy atom. The molecule has 0 atom stereocenters. The maximum Gasteiger partial charge on any atom is 0.262 e. The van der Waals surface area contributed by atoms with E-state index in [1.165, 1.54) is 0 Å². The number of hydrogen-bond acceptors (Lipinski definition) is 0. The van der Waals surface area contributed by atoms with E-state index in [4.69, 9.17) is 0 Å². The van der Waals surface area contributed by atoms with Crippen LogP contribution in [0.25, 0.3) is 11.1 Å². The maximum absolute atomic E-state index is 15.3. The zero-order valence-corrected chi connectivity index (χ0v) is 19.8. The van der Waals surface area contributed by atoms with Gasteiger partial charge in [-0.3, -0.25) is 0 Å². The maximum atomic E-state index is 15.3. The molecule has 4 aromatic carbocycles. The molecule has 0 bridgehead atoms. The number of rotatable bonds is 4. The minimum absolute atomic E-state index is 2.91. The summed E-state index contributed by atoms with van der Waals surface area (Å²) in [5, 5.41) is 0. The largest absolute Gasteiger partial charge is 0.262 e. The first-order chi connectivity index (χ1) is 20.3. The molecule has 0 radical (unpaired) electrons. The van der Waals surface area contributed by atoms with Gasteiger partial charge in [0.1, 0.15) is 0 Å². The molecule has 4 aromatic rings. The molecule has 44 heavy (non-hydrogen) atoms. The molecule has 0 heterocycles. The first-order valence-electron chi connectivity index (χ1n) is 10.7. The second-order valence-corrected chi connectivity index (χ2v) is 8.39. The lowest BCUT2D eigenvalue weighted by Gasteiger charge is -2.24. The molecule has 0 nitrogen and oxygen atoms in total. The highest BCUT2D eigenvalue weighted by molar-refractivity contribution is 6.96. The predicted molar refractivity (Wildman–Crippen MR) is 109 cm³/mol. The van der Waals surface area contributed by atoms with Crippen LogP contribution in [0.1, 0.15) is 0 Å². The van der Waals surface area contributed by atoms with Gasteiger partial charge in [0.05, 0.1) is 5.56 Å². The smallest absolute Gasteiger partial charge is 0.204 e. The first-order valence-corrected chi connectivity index (χ1v) is 10.7. The summed E-state index contributed by atoms with van der Waals surface area (Å²) in [5.74, 6) is -61.4. The molecule has 0 unspecified atom stereocenters. The Kier molecular flexibility index (Phi) is 8.10. The minimum atomic E-state index is -4.36. The van der Waals surface area contributed by atoms with Gasteiger partial charge in [0.25, 0.3) is 6.71 Å². The standard InChI is InChI=1S/C24BF19/c26-6-1(2-7(27)15(35)22(42)16(36)8(2)28)3(9(29)17(37)14(6)34)25(4-10(30)18(38)23(43)19(39)11(4)31)5-12(32)20(40)24(44)21(41)13(5)33. The quantitative estimate of drug-likeness (QED) is 0.101. The van der Waals surface area contributed by atoms with Crippen LogP contribution in [0.5, 0.6) is 0 Å². The molecule has 4 rings (SSSR count). The van der Waals surface area contributed by atoms with Crippen LogP contribution in [-0.2, 0) is 0 Å². The van der Waals surface area contributed by atoms with Gasteiger partial charge in [-0.15, -0.1) is 0 Å². The molecule has 0 aliphatic heterocycles. The van der Waals surface area contributed by atoms with Crippen molar-refractivity contribution in [1.29, 1.82) is 0 Å². The van der Waals surface area contributed by atoms with E-state index < -0.39 is 145 Å². The zero-order chi connectivity index (χ0) is 33.4. The van der Waals surface area contributed by atoms with Crippen LogP contribution in [-0.4, -0.2) is 6.71 Å². The van der Waals surface area contributed by atoms with Crippen LogP contribution < -0.4 is 16.4 Å². The molecule has 0 aliphatic carbocycles. The average molecular weight is 660 g/mol. The molecular weight excluding hydrogens is 660 g/mol. The number of halogens is 19. The summed E-state index contributed by atoms with van der Waals surface area (Å²) in [6.45, 7) is -4.36. The van der Waals surface area contributed by atoms with Crippen molar-refractivity contribution in [2.24, 2.45) is 0 Å². The second kappa shape index (κ2) is 11.0. The van der Waals surface area contributed by atoms with E-state index in [0.29, 0.717) is 0 Å². The number of benzene rings is 4. The van der Waals surface area contributed by atoms with Gasteiger partial charge in [0, 0.05) is 16.5 Å². The van der Waals surface area contributed by atoms with Gasteiger partial charge < -0.3 is 0 Å². The highest BCUT2D eigenvalue weighted by Crippen LogP contribution is 2.35. The van der Waals surface area contributed by atoms with Gasteiger partial charge in [-0.05, 0) is 5.46 Å². The fraction of sp³-hybridized carbons (Fsp3) is 0. The van der Waals surface area contributed by atoms with Crippen LogP contribution in [0.4, 0.5) is 83.4 Å². The lowest BCUT2D eigenvalue weighted by atomic mass is 9.35. The van der Waals surface area contributed by atoms with Crippen LogP contribution in [0.2, 0.25) is 0 Å². The molecule has 232 valence electrons. The van der Waals surface area contributed by atoms with Gasteiger partial charge >= 0.3 is 0 Å².